The van der Waals surface area contributed by atoms with Gasteiger partial charge in [0.05, 0.1) is 6.42 Å². The van der Waals surface area contributed by atoms with Gasteiger partial charge in [0.2, 0.25) is 0 Å². The van der Waals surface area contributed by atoms with Crippen LogP contribution < -0.4 is 0 Å². The van der Waals surface area contributed by atoms with Gasteiger partial charge in [-0.1, -0.05) is 12.1 Å². The summed E-state index contributed by atoms with van der Waals surface area (Å²) in [5.41, 5.74) is 0.536. The molecule has 0 amide bonds. The summed E-state index contributed by atoms with van der Waals surface area (Å²) in [7, 11) is 0. The van der Waals surface area contributed by atoms with E-state index in [1.54, 1.807) is 12.1 Å². The highest BCUT2D eigenvalue weighted by atomic mass is 19.1. The van der Waals surface area contributed by atoms with Gasteiger partial charge in [-0.05, 0) is 30.5 Å². The molecule has 1 fully saturated rings. The van der Waals surface area contributed by atoms with Crippen LogP contribution in [0.15, 0.2) is 24.3 Å². The number of carbonyl (C=O) groups is 1. The number of hydrogen-bond donors (Lipinski definition) is 1. The van der Waals surface area contributed by atoms with Gasteiger partial charge in [-0.2, -0.15) is 0 Å². The Morgan fingerprint density at radius 1 is 1.50 bits per heavy atom. The van der Waals surface area contributed by atoms with Crippen LogP contribution in [-0.2, 0) is 10.2 Å². The van der Waals surface area contributed by atoms with Gasteiger partial charge in [0.15, 0.2) is 0 Å². The Morgan fingerprint density at radius 3 is 2.71 bits per heavy atom. The standard InChI is InChI=1S/C11H11FO2/c12-9-3-1-2-8(6-9)11(4-5-11)7-10(13)14/h1-3,6H,4-5,7H2,(H,13,14). The zero-order chi connectivity index (χ0) is 10.2. The van der Waals surface area contributed by atoms with Crippen molar-refractivity contribution in [2.45, 2.75) is 24.7 Å². The minimum absolute atomic E-state index is 0.108. The van der Waals surface area contributed by atoms with Crippen molar-refractivity contribution in [1.29, 1.82) is 0 Å². The number of carboxylic acids is 1. The molecule has 1 aromatic rings. The van der Waals surface area contributed by atoms with E-state index in [-0.39, 0.29) is 17.7 Å². The van der Waals surface area contributed by atoms with Crippen LogP contribution in [-0.4, -0.2) is 11.1 Å². The second-order valence-corrected chi connectivity index (χ2v) is 3.86. The molecule has 0 aromatic heterocycles. The molecule has 0 spiro atoms. The second kappa shape index (κ2) is 3.08. The highest BCUT2D eigenvalue weighted by molar-refractivity contribution is 5.70. The highest BCUT2D eigenvalue weighted by Gasteiger charge is 2.45. The van der Waals surface area contributed by atoms with E-state index >= 15 is 0 Å². The number of halogens is 1. The van der Waals surface area contributed by atoms with E-state index in [0.29, 0.717) is 0 Å². The fraction of sp³-hybridized carbons (Fsp3) is 0.364. The minimum Gasteiger partial charge on any atom is -0.481 e. The number of carboxylic acid groups (broad SMARTS) is 1. The Morgan fingerprint density at radius 2 is 2.21 bits per heavy atom. The van der Waals surface area contributed by atoms with Gasteiger partial charge in [0.25, 0.3) is 0 Å². The van der Waals surface area contributed by atoms with Crippen molar-refractivity contribution in [3.63, 3.8) is 0 Å². The maximum Gasteiger partial charge on any atom is 0.304 e. The van der Waals surface area contributed by atoms with Gasteiger partial charge >= 0.3 is 5.97 Å². The number of rotatable bonds is 3. The summed E-state index contributed by atoms with van der Waals surface area (Å²) in [4.78, 5) is 10.6. The fourth-order valence-electron chi connectivity index (χ4n) is 1.83. The van der Waals surface area contributed by atoms with Crippen molar-refractivity contribution in [1.82, 2.24) is 0 Å². The van der Waals surface area contributed by atoms with E-state index in [1.165, 1.54) is 12.1 Å². The van der Waals surface area contributed by atoms with Crippen LogP contribution in [0, 0.1) is 5.82 Å². The van der Waals surface area contributed by atoms with Crippen molar-refractivity contribution < 1.29 is 14.3 Å². The third-order valence-corrected chi connectivity index (χ3v) is 2.78. The van der Waals surface area contributed by atoms with Crippen LogP contribution in [0.25, 0.3) is 0 Å². The zero-order valence-corrected chi connectivity index (χ0v) is 7.66. The Labute approximate surface area is 81.4 Å². The third-order valence-electron chi connectivity index (χ3n) is 2.78. The lowest BCUT2D eigenvalue weighted by Gasteiger charge is -2.12. The summed E-state index contributed by atoms with van der Waals surface area (Å²) in [6, 6.07) is 6.25. The van der Waals surface area contributed by atoms with E-state index in [1.807, 2.05) is 0 Å². The molecular formula is C11H11FO2. The normalized spacial score (nSPS) is 17.8. The summed E-state index contributed by atoms with van der Waals surface area (Å²) in [6.07, 6.45) is 1.81. The van der Waals surface area contributed by atoms with Crippen molar-refractivity contribution in [2.24, 2.45) is 0 Å². The summed E-state index contributed by atoms with van der Waals surface area (Å²) >= 11 is 0. The van der Waals surface area contributed by atoms with Crippen molar-refractivity contribution in [3.05, 3.63) is 35.6 Å². The SMILES string of the molecule is O=C(O)CC1(c2cccc(F)c2)CC1. The monoisotopic (exact) mass is 194 g/mol. The number of benzene rings is 1. The molecule has 1 aliphatic carbocycles. The summed E-state index contributed by atoms with van der Waals surface area (Å²) in [6.45, 7) is 0. The predicted octanol–water partition coefficient (Wildman–Crippen LogP) is 2.33. The topological polar surface area (TPSA) is 37.3 Å². The lowest BCUT2D eigenvalue weighted by Crippen LogP contribution is -2.12. The Bertz CT molecular complexity index is 369. The number of hydrogen-bond acceptors (Lipinski definition) is 1. The van der Waals surface area contributed by atoms with E-state index in [2.05, 4.69) is 0 Å². The maximum atomic E-state index is 12.9. The Balaban J connectivity index is 2.26. The molecule has 2 rings (SSSR count). The first kappa shape index (κ1) is 9.19. The summed E-state index contributed by atoms with van der Waals surface area (Å²) < 4.78 is 12.9. The molecule has 1 aromatic carbocycles. The van der Waals surface area contributed by atoms with Crippen molar-refractivity contribution in [2.75, 3.05) is 0 Å². The number of aliphatic carboxylic acids is 1. The molecule has 0 heterocycles. The predicted molar refractivity (Wildman–Crippen MR) is 49.6 cm³/mol. The van der Waals surface area contributed by atoms with Crippen LogP contribution in [0.3, 0.4) is 0 Å². The lowest BCUT2D eigenvalue weighted by molar-refractivity contribution is -0.137. The zero-order valence-electron chi connectivity index (χ0n) is 7.66. The van der Waals surface area contributed by atoms with Crippen LogP contribution in [0.2, 0.25) is 0 Å². The quantitative estimate of drug-likeness (QED) is 0.801. The molecule has 0 atom stereocenters. The average Bonchev–Trinajstić information content (AvgIpc) is 2.84. The van der Waals surface area contributed by atoms with Gasteiger partial charge in [0, 0.05) is 5.41 Å². The molecule has 1 aliphatic rings. The van der Waals surface area contributed by atoms with Crippen molar-refractivity contribution in [3.8, 4) is 0 Å². The smallest absolute Gasteiger partial charge is 0.304 e. The third kappa shape index (κ3) is 1.62. The van der Waals surface area contributed by atoms with E-state index < -0.39 is 5.97 Å². The molecule has 14 heavy (non-hydrogen) atoms. The van der Waals surface area contributed by atoms with E-state index in [9.17, 15) is 9.18 Å². The molecule has 0 radical (unpaired) electrons. The van der Waals surface area contributed by atoms with Gasteiger partial charge in [-0.15, -0.1) is 0 Å². The van der Waals surface area contributed by atoms with Gasteiger partial charge in [-0.25, -0.2) is 4.39 Å². The second-order valence-electron chi connectivity index (χ2n) is 3.86. The Kier molecular flexibility index (Phi) is 2.02. The molecule has 0 aliphatic heterocycles. The maximum absolute atomic E-state index is 12.9. The summed E-state index contributed by atoms with van der Waals surface area (Å²) in [5, 5.41) is 8.73. The Hall–Kier alpha value is -1.38. The van der Waals surface area contributed by atoms with Crippen molar-refractivity contribution >= 4 is 5.97 Å². The largest absolute Gasteiger partial charge is 0.481 e. The van der Waals surface area contributed by atoms with Crippen LogP contribution >= 0.6 is 0 Å². The molecule has 1 N–H and O–H groups in total. The molecular weight excluding hydrogens is 183 g/mol. The molecule has 0 saturated heterocycles. The summed E-state index contributed by atoms with van der Waals surface area (Å²) in [5.74, 6) is -1.11. The molecule has 3 heteroatoms. The van der Waals surface area contributed by atoms with E-state index in [0.717, 1.165) is 18.4 Å². The lowest BCUT2D eigenvalue weighted by atomic mass is 9.92. The first-order valence-electron chi connectivity index (χ1n) is 4.60. The molecule has 74 valence electrons. The van der Waals surface area contributed by atoms with E-state index in [4.69, 9.17) is 5.11 Å². The van der Waals surface area contributed by atoms with Crippen LogP contribution in [0.4, 0.5) is 4.39 Å². The molecule has 2 nitrogen and oxygen atoms in total. The highest BCUT2D eigenvalue weighted by Crippen LogP contribution is 2.50. The first-order valence-corrected chi connectivity index (χ1v) is 4.60. The van der Waals surface area contributed by atoms with Crippen LogP contribution in [0.5, 0.6) is 0 Å². The van der Waals surface area contributed by atoms with Gasteiger partial charge in [0.1, 0.15) is 5.82 Å². The van der Waals surface area contributed by atoms with Crippen LogP contribution in [0.1, 0.15) is 24.8 Å². The molecule has 0 bridgehead atoms. The first-order chi connectivity index (χ1) is 6.62. The molecule has 1 saturated carbocycles. The fourth-order valence-corrected chi connectivity index (χ4v) is 1.83. The minimum atomic E-state index is -0.813. The molecule has 0 unspecified atom stereocenters. The average molecular weight is 194 g/mol. The van der Waals surface area contributed by atoms with Gasteiger partial charge < -0.3 is 5.11 Å². The van der Waals surface area contributed by atoms with Gasteiger partial charge in [-0.3, -0.25) is 4.79 Å².